The third-order valence-corrected chi connectivity index (χ3v) is 5.11. The Bertz CT molecular complexity index is 1180. The minimum Gasteiger partial charge on any atom is -0.508 e. The Balaban J connectivity index is 1.40. The first-order chi connectivity index (χ1) is 15.7. The third kappa shape index (κ3) is 5.29. The van der Waals surface area contributed by atoms with Gasteiger partial charge in [0.2, 0.25) is 0 Å². The van der Waals surface area contributed by atoms with Crippen molar-refractivity contribution in [3.05, 3.63) is 108 Å². The number of pyridine rings is 2. The first kappa shape index (κ1) is 21.1. The lowest BCUT2D eigenvalue weighted by Crippen LogP contribution is -2.22. The zero-order valence-corrected chi connectivity index (χ0v) is 17.5. The highest BCUT2D eigenvalue weighted by molar-refractivity contribution is 5.94. The normalized spacial score (nSPS) is 10.5. The second-order valence-electron chi connectivity index (χ2n) is 7.33. The van der Waals surface area contributed by atoms with Crippen LogP contribution in [0.25, 0.3) is 11.3 Å². The predicted molar refractivity (Wildman–Crippen MR) is 125 cm³/mol. The minimum atomic E-state index is -0.179. The molecule has 0 saturated carbocycles. The second-order valence-corrected chi connectivity index (χ2v) is 7.33. The van der Waals surface area contributed by atoms with Crippen LogP contribution in [-0.2, 0) is 13.0 Å². The van der Waals surface area contributed by atoms with E-state index < -0.39 is 0 Å². The van der Waals surface area contributed by atoms with Gasteiger partial charge in [-0.15, -0.1) is 0 Å². The van der Waals surface area contributed by atoms with Crippen molar-refractivity contribution in [3.8, 4) is 17.0 Å². The number of nitrogens with one attached hydrogen (secondary N) is 2. The average molecular weight is 425 g/mol. The van der Waals surface area contributed by atoms with Gasteiger partial charge in [-0.25, -0.2) is 0 Å². The summed E-state index contributed by atoms with van der Waals surface area (Å²) in [6.45, 7) is 1.08. The monoisotopic (exact) mass is 424 g/mol. The highest BCUT2D eigenvalue weighted by atomic mass is 16.3. The van der Waals surface area contributed by atoms with Gasteiger partial charge >= 0.3 is 0 Å². The number of carbonyl (C=O) groups excluding carboxylic acids is 1. The van der Waals surface area contributed by atoms with E-state index in [1.165, 1.54) is 0 Å². The number of phenols is 1. The first-order valence-corrected chi connectivity index (χ1v) is 10.4. The SMILES string of the molecule is O=C(NCc1cccnc1)c1ccc(-c2ccccc2NCCc2ccccc2O)nc1. The summed E-state index contributed by atoms with van der Waals surface area (Å²) < 4.78 is 0. The number of carbonyl (C=O) groups is 1. The smallest absolute Gasteiger partial charge is 0.253 e. The zero-order valence-electron chi connectivity index (χ0n) is 17.5. The van der Waals surface area contributed by atoms with E-state index in [1.54, 1.807) is 30.7 Å². The van der Waals surface area contributed by atoms with Gasteiger partial charge in [-0.05, 0) is 47.9 Å². The molecule has 6 nitrogen and oxygen atoms in total. The summed E-state index contributed by atoms with van der Waals surface area (Å²) in [5.41, 5.74) is 5.02. The van der Waals surface area contributed by atoms with E-state index in [0.717, 1.165) is 28.1 Å². The quantitative estimate of drug-likeness (QED) is 0.389. The summed E-state index contributed by atoms with van der Waals surface area (Å²) >= 11 is 0. The standard InChI is InChI=1S/C26H24N4O2/c31-25-10-4-1-7-20(25)13-15-28-23-9-3-2-8-22(23)24-12-11-21(18-29-24)26(32)30-17-19-6-5-14-27-16-19/h1-12,14,16,18,28,31H,13,15,17H2,(H,30,32). The molecule has 1 amide bonds. The number of benzene rings is 2. The molecule has 0 saturated heterocycles. The Morgan fingerprint density at radius 1 is 0.906 bits per heavy atom. The highest BCUT2D eigenvalue weighted by Gasteiger charge is 2.10. The highest BCUT2D eigenvalue weighted by Crippen LogP contribution is 2.26. The molecule has 0 bridgehead atoms. The van der Waals surface area contributed by atoms with E-state index in [2.05, 4.69) is 20.6 Å². The van der Waals surface area contributed by atoms with Gasteiger partial charge in [0.25, 0.3) is 5.91 Å². The van der Waals surface area contributed by atoms with Gasteiger partial charge in [0.15, 0.2) is 0 Å². The van der Waals surface area contributed by atoms with E-state index in [0.29, 0.717) is 30.8 Å². The van der Waals surface area contributed by atoms with Crippen LogP contribution >= 0.6 is 0 Å². The van der Waals surface area contributed by atoms with Gasteiger partial charge in [-0.3, -0.25) is 14.8 Å². The summed E-state index contributed by atoms with van der Waals surface area (Å²) in [5.74, 6) is 0.128. The number of nitrogens with zero attached hydrogens (tertiary/aromatic N) is 2. The number of rotatable bonds is 8. The van der Waals surface area contributed by atoms with Crippen molar-refractivity contribution in [2.75, 3.05) is 11.9 Å². The fraction of sp³-hybridized carbons (Fsp3) is 0.115. The van der Waals surface area contributed by atoms with Crippen molar-refractivity contribution in [2.24, 2.45) is 0 Å². The van der Waals surface area contributed by atoms with E-state index in [9.17, 15) is 9.90 Å². The van der Waals surface area contributed by atoms with E-state index >= 15 is 0 Å². The molecule has 0 fully saturated rings. The first-order valence-electron chi connectivity index (χ1n) is 10.4. The number of hydrogen-bond acceptors (Lipinski definition) is 5. The summed E-state index contributed by atoms with van der Waals surface area (Å²) in [5, 5.41) is 16.2. The fourth-order valence-electron chi connectivity index (χ4n) is 3.39. The van der Waals surface area contributed by atoms with Crippen LogP contribution in [-0.4, -0.2) is 27.5 Å². The Morgan fingerprint density at radius 3 is 2.53 bits per heavy atom. The van der Waals surface area contributed by atoms with Crippen molar-refractivity contribution in [3.63, 3.8) is 0 Å². The molecule has 3 N–H and O–H groups in total. The number of hydrogen-bond donors (Lipinski definition) is 3. The predicted octanol–water partition coefficient (Wildman–Crippen LogP) is 4.43. The molecule has 6 heteroatoms. The largest absolute Gasteiger partial charge is 0.508 e. The topological polar surface area (TPSA) is 87.1 Å². The molecule has 32 heavy (non-hydrogen) atoms. The van der Waals surface area contributed by atoms with E-state index in [-0.39, 0.29) is 5.91 Å². The van der Waals surface area contributed by atoms with Gasteiger partial charge in [0.05, 0.1) is 11.3 Å². The Hall–Kier alpha value is -4.19. The van der Waals surface area contributed by atoms with Crippen LogP contribution in [0.4, 0.5) is 5.69 Å². The molecule has 160 valence electrons. The summed E-state index contributed by atoms with van der Waals surface area (Å²) in [7, 11) is 0. The molecule has 0 radical (unpaired) electrons. The molecule has 2 aromatic carbocycles. The lowest BCUT2D eigenvalue weighted by molar-refractivity contribution is 0.0950. The molecule has 0 spiro atoms. The molecule has 4 rings (SSSR count). The second kappa shape index (κ2) is 10.2. The van der Waals surface area contributed by atoms with Gasteiger partial charge in [0.1, 0.15) is 5.75 Å². The van der Waals surface area contributed by atoms with Crippen molar-refractivity contribution >= 4 is 11.6 Å². The fourth-order valence-corrected chi connectivity index (χ4v) is 3.39. The number of phenolic OH excluding ortho intramolecular Hbond substituents is 1. The van der Waals surface area contributed by atoms with Crippen molar-refractivity contribution in [2.45, 2.75) is 13.0 Å². The Kier molecular flexibility index (Phi) is 6.72. The van der Waals surface area contributed by atoms with Gasteiger partial charge in [0, 0.05) is 42.9 Å². The number of para-hydroxylation sites is 2. The maximum absolute atomic E-state index is 12.4. The lowest BCUT2D eigenvalue weighted by Gasteiger charge is -2.12. The molecule has 2 heterocycles. The molecule has 0 aliphatic heterocycles. The van der Waals surface area contributed by atoms with E-state index in [4.69, 9.17) is 0 Å². The van der Waals surface area contributed by atoms with Crippen LogP contribution in [0.1, 0.15) is 21.5 Å². The van der Waals surface area contributed by atoms with Crippen LogP contribution in [0.3, 0.4) is 0 Å². The number of anilines is 1. The molecule has 2 aromatic heterocycles. The van der Waals surface area contributed by atoms with Crippen molar-refractivity contribution in [1.29, 1.82) is 0 Å². The maximum atomic E-state index is 12.4. The molecular formula is C26H24N4O2. The number of aromatic nitrogens is 2. The van der Waals surface area contributed by atoms with Crippen LogP contribution in [0, 0.1) is 0 Å². The molecule has 0 aliphatic carbocycles. The van der Waals surface area contributed by atoms with Crippen LogP contribution in [0.2, 0.25) is 0 Å². The third-order valence-electron chi connectivity index (χ3n) is 5.11. The van der Waals surface area contributed by atoms with Gasteiger partial charge < -0.3 is 15.7 Å². The average Bonchev–Trinajstić information content (AvgIpc) is 2.85. The zero-order chi connectivity index (χ0) is 22.2. The Morgan fingerprint density at radius 2 is 1.75 bits per heavy atom. The molecule has 4 aromatic rings. The van der Waals surface area contributed by atoms with Crippen LogP contribution < -0.4 is 10.6 Å². The molecule has 0 unspecified atom stereocenters. The maximum Gasteiger partial charge on any atom is 0.253 e. The summed E-state index contributed by atoms with van der Waals surface area (Å²) in [4.78, 5) is 21.0. The lowest BCUT2D eigenvalue weighted by atomic mass is 10.1. The van der Waals surface area contributed by atoms with E-state index in [1.807, 2.05) is 60.7 Å². The molecule has 0 atom stereocenters. The van der Waals surface area contributed by atoms with Gasteiger partial charge in [-0.2, -0.15) is 0 Å². The minimum absolute atomic E-state index is 0.179. The summed E-state index contributed by atoms with van der Waals surface area (Å²) in [6, 6.07) is 22.6. The van der Waals surface area contributed by atoms with Crippen molar-refractivity contribution in [1.82, 2.24) is 15.3 Å². The van der Waals surface area contributed by atoms with Crippen LogP contribution in [0.5, 0.6) is 5.75 Å². The number of amides is 1. The van der Waals surface area contributed by atoms with Crippen molar-refractivity contribution < 1.29 is 9.90 Å². The van der Waals surface area contributed by atoms with Gasteiger partial charge in [-0.1, -0.05) is 42.5 Å². The summed E-state index contributed by atoms with van der Waals surface area (Å²) in [6.07, 6.45) is 5.72. The molecule has 0 aliphatic rings. The molecular weight excluding hydrogens is 400 g/mol. The number of aromatic hydroxyl groups is 1. The Labute approximate surface area is 187 Å². The van der Waals surface area contributed by atoms with Crippen LogP contribution in [0.15, 0.2) is 91.4 Å².